The SMILES string of the molecule is C[C@H]1CC[C@H]2[C@]3(C)CCCC(C)(C)[C@H]3CC[C@]2(C)[C@H]1C. The molecule has 0 N–H and O–H groups in total. The van der Waals surface area contributed by atoms with Gasteiger partial charge in [0.25, 0.3) is 0 Å². The van der Waals surface area contributed by atoms with Gasteiger partial charge in [-0.2, -0.15) is 0 Å². The zero-order valence-corrected chi connectivity index (χ0v) is 14.8. The molecular formula is C20H36. The number of rotatable bonds is 0. The highest BCUT2D eigenvalue weighted by atomic mass is 14.6. The highest BCUT2D eigenvalue weighted by molar-refractivity contribution is 5.09. The van der Waals surface area contributed by atoms with Crippen molar-refractivity contribution in [2.75, 3.05) is 0 Å². The van der Waals surface area contributed by atoms with Gasteiger partial charge in [0.1, 0.15) is 0 Å². The van der Waals surface area contributed by atoms with Gasteiger partial charge in [-0.05, 0) is 72.0 Å². The van der Waals surface area contributed by atoms with Crippen LogP contribution in [0.15, 0.2) is 0 Å². The zero-order valence-electron chi connectivity index (χ0n) is 14.8. The molecule has 0 saturated heterocycles. The largest absolute Gasteiger partial charge is 0.0622 e. The quantitative estimate of drug-likeness (QED) is 0.487. The van der Waals surface area contributed by atoms with Crippen molar-refractivity contribution in [3.05, 3.63) is 0 Å². The molecule has 0 aromatic carbocycles. The first-order valence-electron chi connectivity index (χ1n) is 9.22. The molecule has 3 saturated carbocycles. The van der Waals surface area contributed by atoms with Crippen LogP contribution in [0.25, 0.3) is 0 Å². The van der Waals surface area contributed by atoms with Crippen molar-refractivity contribution in [1.82, 2.24) is 0 Å². The zero-order chi connectivity index (χ0) is 14.8. The Bertz CT molecular complexity index is 381. The summed E-state index contributed by atoms with van der Waals surface area (Å²) in [5, 5.41) is 0. The van der Waals surface area contributed by atoms with Gasteiger partial charge in [0.15, 0.2) is 0 Å². The summed E-state index contributed by atoms with van der Waals surface area (Å²) in [6.45, 7) is 15.5. The lowest BCUT2D eigenvalue weighted by Gasteiger charge is -2.66. The molecule has 0 unspecified atom stereocenters. The van der Waals surface area contributed by atoms with Crippen LogP contribution in [-0.4, -0.2) is 0 Å². The summed E-state index contributed by atoms with van der Waals surface area (Å²) in [4.78, 5) is 0. The predicted molar refractivity (Wildman–Crippen MR) is 87.6 cm³/mol. The minimum Gasteiger partial charge on any atom is -0.0622 e. The van der Waals surface area contributed by atoms with Crippen LogP contribution in [0.2, 0.25) is 0 Å². The topological polar surface area (TPSA) is 0 Å². The van der Waals surface area contributed by atoms with E-state index in [9.17, 15) is 0 Å². The lowest BCUT2D eigenvalue weighted by atomic mass is 9.39. The minimum absolute atomic E-state index is 0.584. The molecule has 0 aromatic rings. The van der Waals surface area contributed by atoms with E-state index in [0.717, 1.165) is 23.7 Å². The molecule has 0 aromatic heterocycles. The maximum atomic E-state index is 2.68. The third-order valence-electron chi connectivity index (χ3n) is 8.64. The van der Waals surface area contributed by atoms with Crippen LogP contribution in [0.5, 0.6) is 0 Å². The van der Waals surface area contributed by atoms with E-state index in [4.69, 9.17) is 0 Å². The van der Waals surface area contributed by atoms with E-state index >= 15 is 0 Å². The van der Waals surface area contributed by atoms with E-state index < -0.39 is 0 Å². The van der Waals surface area contributed by atoms with Crippen LogP contribution < -0.4 is 0 Å². The molecule has 3 aliphatic rings. The monoisotopic (exact) mass is 276 g/mol. The summed E-state index contributed by atoms with van der Waals surface area (Å²) in [5.74, 6) is 3.82. The summed E-state index contributed by atoms with van der Waals surface area (Å²) in [7, 11) is 0. The second-order valence-corrected chi connectivity index (χ2v) is 9.84. The number of hydrogen-bond donors (Lipinski definition) is 0. The molecule has 0 radical (unpaired) electrons. The molecule has 6 atom stereocenters. The van der Waals surface area contributed by atoms with Gasteiger partial charge in [0, 0.05) is 0 Å². The Morgan fingerprint density at radius 2 is 1.40 bits per heavy atom. The molecule has 3 fully saturated rings. The molecular weight excluding hydrogens is 240 g/mol. The Hall–Kier alpha value is 0. The number of hydrogen-bond acceptors (Lipinski definition) is 0. The van der Waals surface area contributed by atoms with Crippen LogP contribution in [0.3, 0.4) is 0 Å². The van der Waals surface area contributed by atoms with Gasteiger partial charge in [0.05, 0.1) is 0 Å². The van der Waals surface area contributed by atoms with Crippen molar-refractivity contribution in [1.29, 1.82) is 0 Å². The summed E-state index contributed by atoms with van der Waals surface area (Å²) < 4.78 is 0. The molecule has 0 amide bonds. The van der Waals surface area contributed by atoms with Crippen molar-refractivity contribution in [3.63, 3.8) is 0 Å². The van der Waals surface area contributed by atoms with Gasteiger partial charge in [0.2, 0.25) is 0 Å². The fraction of sp³-hybridized carbons (Fsp3) is 1.00. The first kappa shape index (κ1) is 14.9. The van der Waals surface area contributed by atoms with Crippen LogP contribution in [0.4, 0.5) is 0 Å². The van der Waals surface area contributed by atoms with Crippen LogP contribution in [0.1, 0.15) is 86.5 Å². The van der Waals surface area contributed by atoms with Gasteiger partial charge in [-0.25, -0.2) is 0 Å². The van der Waals surface area contributed by atoms with Gasteiger partial charge >= 0.3 is 0 Å². The Balaban J connectivity index is 1.98. The normalized spacial score (nSPS) is 54.9. The Kier molecular flexibility index (Phi) is 3.35. The Morgan fingerprint density at radius 3 is 2.10 bits per heavy atom. The van der Waals surface area contributed by atoms with Crippen molar-refractivity contribution in [2.24, 2.45) is 39.9 Å². The van der Waals surface area contributed by atoms with Crippen molar-refractivity contribution >= 4 is 0 Å². The van der Waals surface area contributed by atoms with Crippen LogP contribution in [-0.2, 0) is 0 Å². The maximum Gasteiger partial charge on any atom is -0.0259 e. The van der Waals surface area contributed by atoms with Crippen molar-refractivity contribution in [3.8, 4) is 0 Å². The molecule has 0 heterocycles. The van der Waals surface area contributed by atoms with Crippen LogP contribution in [0, 0.1) is 39.9 Å². The Morgan fingerprint density at radius 1 is 0.700 bits per heavy atom. The average Bonchev–Trinajstić information content (AvgIpc) is 2.34. The van der Waals surface area contributed by atoms with Crippen molar-refractivity contribution in [2.45, 2.75) is 86.5 Å². The van der Waals surface area contributed by atoms with Crippen molar-refractivity contribution < 1.29 is 0 Å². The smallest absolute Gasteiger partial charge is 0.0259 e. The van der Waals surface area contributed by atoms with Gasteiger partial charge in [-0.15, -0.1) is 0 Å². The lowest BCUT2D eigenvalue weighted by molar-refractivity contribution is -0.169. The van der Waals surface area contributed by atoms with E-state index in [-0.39, 0.29) is 0 Å². The molecule has 116 valence electrons. The van der Waals surface area contributed by atoms with E-state index in [2.05, 4.69) is 41.5 Å². The summed E-state index contributed by atoms with van der Waals surface area (Å²) >= 11 is 0. The molecule has 0 bridgehead atoms. The summed E-state index contributed by atoms with van der Waals surface area (Å²) in [6.07, 6.45) is 10.4. The highest BCUT2D eigenvalue weighted by Crippen LogP contribution is 2.68. The van der Waals surface area contributed by atoms with Gasteiger partial charge in [-0.3, -0.25) is 0 Å². The standard InChI is InChI=1S/C20H36/c1-14-8-9-17-19(5,15(14)2)13-10-16-18(3,4)11-7-12-20(16,17)6/h14-17H,7-13H2,1-6H3/t14-,15-,16+,17+,19+,20+/m0/s1. The fourth-order valence-corrected chi connectivity index (χ4v) is 7.22. The Labute approximate surface area is 127 Å². The van der Waals surface area contributed by atoms with E-state index in [1.807, 2.05) is 0 Å². The minimum atomic E-state index is 0.584. The molecule has 20 heavy (non-hydrogen) atoms. The highest BCUT2D eigenvalue weighted by Gasteiger charge is 2.60. The first-order chi connectivity index (χ1) is 9.22. The second kappa shape index (κ2) is 4.50. The van der Waals surface area contributed by atoms with Crippen LogP contribution >= 0.6 is 0 Å². The molecule has 0 nitrogen and oxygen atoms in total. The number of fused-ring (bicyclic) bond motifs is 3. The third kappa shape index (κ3) is 1.85. The summed E-state index contributed by atoms with van der Waals surface area (Å²) in [6, 6.07) is 0. The lowest BCUT2D eigenvalue weighted by Crippen LogP contribution is -2.58. The third-order valence-corrected chi connectivity index (χ3v) is 8.64. The second-order valence-electron chi connectivity index (χ2n) is 9.84. The molecule has 0 aliphatic heterocycles. The van der Waals surface area contributed by atoms with Gasteiger partial charge < -0.3 is 0 Å². The predicted octanol–water partition coefficient (Wildman–Crippen LogP) is 6.30. The maximum absolute atomic E-state index is 2.68. The average molecular weight is 277 g/mol. The molecule has 3 rings (SSSR count). The van der Waals surface area contributed by atoms with E-state index in [0.29, 0.717) is 16.2 Å². The first-order valence-corrected chi connectivity index (χ1v) is 9.22. The molecule has 3 aliphatic carbocycles. The van der Waals surface area contributed by atoms with E-state index in [1.165, 1.54) is 44.9 Å². The summed E-state index contributed by atoms with van der Waals surface area (Å²) in [5.41, 5.74) is 1.83. The molecule has 0 spiro atoms. The van der Waals surface area contributed by atoms with E-state index in [1.54, 1.807) is 0 Å². The van der Waals surface area contributed by atoms with Gasteiger partial charge in [-0.1, -0.05) is 54.4 Å². The fourth-order valence-electron chi connectivity index (χ4n) is 7.22. The molecule has 0 heteroatoms.